The quantitative estimate of drug-likeness (QED) is 0.422. The summed E-state index contributed by atoms with van der Waals surface area (Å²) >= 11 is 1.32. The summed E-state index contributed by atoms with van der Waals surface area (Å²) in [6, 6.07) is 7.85. The molecule has 0 aliphatic rings. The second-order valence-electron chi connectivity index (χ2n) is 5.88. The Balaban J connectivity index is 1.55. The van der Waals surface area contributed by atoms with E-state index in [2.05, 4.69) is 10.1 Å². The van der Waals surface area contributed by atoms with Crippen LogP contribution in [0.5, 0.6) is 5.75 Å². The number of carbonyl (C=O) groups is 2. The average Bonchev–Trinajstić information content (AvgIpc) is 3.14. The van der Waals surface area contributed by atoms with Crippen LogP contribution in [0.2, 0.25) is 0 Å². The standard InChI is InChI=1S/C19H19N3O5S/c1-3-15(23)12-5-7-14(8-6-12)26-11-18(25)27-10-13-9-17(24)22-19(20-13)28-16(4-2)21-22/h5-9H,3-4,10-11H2,1-2H3. The largest absolute Gasteiger partial charge is 0.482 e. The fourth-order valence-electron chi connectivity index (χ4n) is 2.39. The van der Waals surface area contributed by atoms with E-state index in [0.717, 1.165) is 5.01 Å². The monoisotopic (exact) mass is 401 g/mol. The van der Waals surface area contributed by atoms with Crippen LogP contribution in [0.4, 0.5) is 0 Å². The summed E-state index contributed by atoms with van der Waals surface area (Å²) in [4.78, 5) is 40.3. The highest BCUT2D eigenvalue weighted by atomic mass is 32.1. The van der Waals surface area contributed by atoms with E-state index in [1.54, 1.807) is 31.2 Å². The fraction of sp³-hybridized carbons (Fsp3) is 0.316. The molecule has 8 nitrogen and oxygen atoms in total. The summed E-state index contributed by atoms with van der Waals surface area (Å²) in [5.41, 5.74) is 0.636. The Labute approximate surface area is 164 Å². The summed E-state index contributed by atoms with van der Waals surface area (Å²) in [6.45, 7) is 3.32. The Morgan fingerprint density at radius 2 is 1.93 bits per heavy atom. The maximum Gasteiger partial charge on any atom is 0.344 e. The smallest absolute Gasteiger partial charge is 0.344 e. The molecule has 3 aromatic rings. The van der Waals surface area contributed by atoms with Gasteiger partial charge in [-0.3, -0.25) is 9.59 Å². The highest BCUT2D eigenvalue weighted by Crippen LogP contribution is 2.14. The minimum Gasteiger partial charge on any atom is -0.482 e. The van der Waals surface area contributed by atoms with E-state index >= 15 is 0 Å². The first-order valence-electron chi connectivity index (χ1n) is 8.80. The molecule has 0 saturated carbocycles. The lowest BCUT2D eigenvalue weighted by molar-refractivity contribution is -0.147. The van der Waals surface area contributed by atoms with Gasteiger partial charge in [-0.1, -0.05) is 25.2 Å². The van der Waals surface area contributed by atoms with Gasteiger partial charge in [0.2, 0.25) is 4.96 Å². The van der Waals surface area contributed by atoms with E-state index in [0.29, 0.717) is 34.8 Å². The van der Waals surface area contributed by atoms with Crippen molar-refractivity contribution in [2.24, 2.45) is 0 Å². The van der Waals surface area contributed by atoms with Crippen molar-refractivity contribution in [2.75, 3.05) is 6.61 Å². The minimum absolute atomic E-state index is 0.0401. The van der Waals surface area contributed by atoms with Crippen LogP contribution in [0.3, 0.4) is 0 Å². The zero-order chi connectivity index (χ0) is 20.1. The predicted molar refractivity (Wildman–Crippen MR) is 103 cm³/mol. The topological polar surface area (TPSA) is 99.9 Å². The molecule has 0 saturated heterocycles. The zero-order valence-corrected chi connectivity index (χ0v) is 16.3. The highest BCUT2D eigenvalue weighted by molar-refractivity contribution is 7.16. The van der Waals surface area contributed by atoms with Crippen LogP contribution in [-0.2, 0) is 22.6 Å². The molecule has 0 fully saturated rings. The van der Waals surface area contributed by atoms with Gasteiger partial charge in [0.15, 0.2) is 12.4 Å². The number of hydrogen-bond acceptors (Lipinski definition) is 8. The second kappa shape index (κ2) is 8.75. The van der Waals surface area contributed by atoms with Gasteiger partial charge in [0.1, 0.15) is 17.4 Å². The number of aromatic nitrogens is 3. The SMILES string of the molecule is CCC(=O)c1ccc(OCC(=O)OCc2cc(=O)n3nc(CC)sc3n2)cc1. The summed E-state index contributed by atoms with van der Waals surface area (Å²) < 4.78 is 11.7. The molecule has 0 bridgehead atoms. The maximum absolute atomic E-state index is 12.1. The number of ketones is 1. The molecule has 3 rings (SSSR count). The van der Waals surface area contributed by atoms with Crippen molar-refractivity contribution in [3.8, 4) is 5.75 Å². The Bertz CT molecular complexity index is 1060. The van der Waals surface area contributed by atoms with Gasteiger partial charge in [-0.25, -0.2) is 9.78 Å². The zero-order valence-electron chi connectivity index (χ0n) is 15.5. The van der Waals surface area contributed by atoms with Crippen molar-refractivity contribution < 1.29 is 19.1 Å². The van der Waals surface area contributed by atoms with Gasteiger partial charge in [0.05, 0.1) is 5.69 Å². The molecule has 146 valence electrons. The summed E-state index contributed by atoms with van der Waals surface area (Å²) in [7, 11) is 0. The Hall–Kier alpha value is -3.07. The molecule has 2 heterocycles. The Morgan fingerprint density at radius 1 is 1.18 bits per heavy atom. The number of hydrogen-bond donors (Lipinski definition) is 0. The third-order valence-electron chi connectivity index (χ3n) is 3.88. The number of fused-ring (bicyclic) bond motifs is 1. The number of carbonyl (C=O) groups excluding carboxylic acids is 2. The van der Waals surface area contributed by atoms with Crippen molar-refractivity contribution in [1.29, 1.82) is 0 Å². The number of benzene rings is 1. The van der Waals surface area contributed by atoms with Gasteiger partial charge in [-0.2, -0.15) is 9.61 Å². The van der Waals surface area contributed by atoms with Crippen molar-refractivity contribution in [3.05, 3.63) is 57.0 Å². The molecule has 0 radical (unpaired) electrons. The predicted octanol–water partition coefficient (Wildman–Crippen LogP) is 2.43. The van der Waals surface area contributed by atoms with Crippen LogP contribution in [0.15, 0.2) is 35.1 Å². The lowest BCUT2D eigenvalue weighted by atomic mass is 10.1. The highest BCUT2D eigenvalue weighted by Gasteiger charge is 2.11. The summed E-state index contributed by atoms with van der Waals surface area (Å²) in [5, 5.41) is 4.97. The normalized spacial score (nSPS) is 10.8. The van der Waals surface area contributed by atoms with Crippen LogP contribution >= 0.6 is 11.3 Å². The number of Topliss-reactive ketones (excluding diaryl/α,β-unsaturated/α-hetero) is 1. The van der Waals surface area contributed by atoms with E-state index in [4.69, 9.17) is 9.47 Å². The molecule has 1 aromatic carbocycles. The number of rotatable bonds is 8. The lowest BCUT2D eigenvalue weighted by Gasteiger charge is -2.07. The van der Waals surface area contributed by atoms with E-state index in [1.165, 1.54) is 21.9 Å². The van der Waals surface area contributed by atoms with E-state index in [9.17, 15) is 14.4 Å². The van der Waals surface area contributed by atoms with Gasteiger partial charge >= 0.3 is 5.97 Å². The molecule has 0 unspecified atom stereocenters. The van der Waals surface area contributed by atoms with Crippen LogP contribution in [0.25, 0.3) is 4.96 Å². The van der Waals surface area contributed by atoms with E-state index in [-0.39, 0.29) is 24.6 Å². The molecule has 0 amide bonds. The van der Waals surface area contributed by atoms with Crippen LogP contribution in [-0.4, -0.2) is 33.0 Å². The van der Waals surface area contributed by atoms with Gasteiger partial charge < -0.3 is 9.47 Å². The summed E-state index contributed by atoms with van der Waals surface area (Å²) in [5.74, 6) is -0.0910. The second-order valence-corrected chi connectivity index (χ2v) is 6.92. The Morgan fingerprint density at radius 3 is 2.61 bits per heavy atom. The van der Waals surface area contributed by atoms with Crippen molar-refractivity contribution in [3.63, 3.8) is 0 Å². The van der Waals surface area contributed by atoms with Crippen molar-refractivity contribution in [1.82, 2.24) is 14.6 Å². The third kappa shape index (κ3) is 4.61. The lowest BCUT2D eigenvalue weighted by Crippen LogP contribution is -2.18. The van der Waals surface area contributed by atoms with E-state index < -0.39 is 5.97 Å². The van der Waals surface area contributed by atoms with Crippen LogP contribution in [0, 0.1) is 0 Å². The molecule has 2 aromatic heterocycles. The molecule has 0 atom stereocenters. The molecule has 0 spiro atoms. The minimum atomic E-state index is -0.589. The van der Waals surface area contributed by atoms with Gasteiger partial charge in [0.25, 0.3) is 5.56 Å². The third-order valence-corrected chi connectivity index (χ3v) is 4.93. The van der Waals surface area contributed by atoms with Crippen LogP contribution in [0.1, 0.15) is 41.3 Å². The van der Waals surface area contributed by atoms with Gasteiger partial charge in [-0.05, 0) is 30.7 Å². The average molecular weight is 401 g/mol. The first-order valence-corrected chi connectivity index (χ1v) is 9.62. The molecule has 0 aliphatic carbocycles. The molecule has 0 N–H and O–H groups in total. The fourth-order valence-corrected chi connectivity index (χ4v) is 3.25. The molecule has 28 heavy (non-hydrogen) atoms. The number of ether oxygens (including phenoxy) is 2. The molecular formula is C19H19N3O5S. The first kappa shape index (κ1) is 19.7. The van der Waals surface area contributed by atoms with E-state index in [1.807, 2.05) is 6.92 Å². The number of nitrogens with zero attached hydrogens (tertiary/aromatic N) is 3. The Kier molecular flexibility index (Phi) is 6.15. The van der Waals surface area contributed by atoms with Gasteiger partial charge in [0, 0.05) is 18.1 Å². The number of aryl methyl sites for hydroxylation is 1. The van der Waals surface area contributed by atoms with Crippen molar-refractivity contribution >= 4 is 28.1 Å². The van der Waals surface area contributed by atoms with Gasteiger partial charge in [-0.15, -0.1) is 0 Å². The molecular weight excluding hydrogens is 382 g/mol. The van der Waals surface area contributed by atoms with Crippen molar-refractivity contribution in [2.45, 2.75) is 33.3 Å². The summed E-state index contributed by atoms with van der Waals surface area (Å²) in [6.07, 6.45) is 1.14. The number of esters is 1. The maximum atomic E-state index is 12.1. The van der Waals surface area contributed by atoms with Crippen LogP contribution < -0.4 is 10.3 Å². The molecule has 9 heteroatoms. The molecule has 0 aliphatic heterocycles. The first-order chi connectivity index (χ1) is 13.5.